The van der Waals surface area contributed by atoms with E-state index in [-0.39, 0.29) is 24.1 Å². The second-order valence-corrected chi connectivity index (χ2v) is 4.37. The van der Waals surface area contributed by atoms with Crippen molar-refractivity contribution in [3.63, 3.8) is 0 Å². The van der Waals surface area contributed by atoms with Crippen molar-refractivity contribution in [3.8, 4) is 0 Å². The van der Waals surface area contributed by atoms with Crippen molar-refractivity contribution < 1.29 is 14.4 Å². The minimum atomic E-state index is -0.406. The molecule has 0 radical (unpaired) electrons. The second kappa shape index (κ2) is 7.18. The molecule has 1 aromatic rings. The lowest BCUT2D eigenvalue weighted by molar-refractivity contribution is -0.384. The van der Waals surface area contributed by atoms with Crippen molar-refractivity contribution in [2.45, 2.75) is 32.2 Å². The first kappa shape index (κ1) is 15.6. The van der Waals surface area contributed by atoms with Gasteiger partial charge in [0.05, 0.1) is 11.0 Å². The van der Waals surface area contributed by atoms with Gasteiger partial charge in [0.15, 0.2) is 6.29 Å². The Hall–Kier alpha value is -1.50. The van der Waals surface area contributed by atoms with Crippen LogP contribution in [-0.2, 0) is 9.47 Å². The number of methoxy groups -OCH3 is 2. The van der Waals surface area contributed by atoms with Gasteiger partial charge in [-0.3, -0.25) is 10.1 Å². The van der Waals surface area contributed by atoms with Gasteiger partial charge >= 0.3 is 0 Å². The van der Waals surface area contributed by atoms with E-state index < -0.39 is 4.92 Å². The lowest BCUT2D eigenvalue weighted by Gasteiger charge is -2.25. The monoisotopic (exact) mass is 268 g/mol. The zero-order chi connectivity index (χ0) is 14.4. The molecule has 0 aliphatic rings. The van der Waals surface area contributed by atoms with Crippen molar-refractivity contribution >= 4 is 5.69 Å². The Bertz CT molecular complexity index is 404. The molecule has 1 rings (SSSR count). The van der Waals surface area contributed by atoms with E-state index in [9.17, 15) is 10.1 Å². The Morgan fingerprint density at radius 1 is 1.16 bits per heavy atom. The molecule has 1 N–H and O–H groups in total. The number of ether oxygens (including phenoxy) is 2. The largest absolute Gasteiger partial charge is 0.354 e. The topological polar surface area (TPSA) is 73.6 Å². The molecular weight excluding hydrogens is 248 g/mol. The van der Waals surface area contributed by atoms with Gasteiger partial charge in [0.25, 0.3) is 5.69 Å². The number of benzene rings is 1. The van der Waals surface area contributed by atoms with Crippen LogP contribution in [0.2, 0.25) is 0 Å². The van der Waals surface area contributed by atoms with E-state index in [2.05, 4.69) is 5.32 Å². The number of non-ortho nitro benzene ring substituents is 1. The van der Waals surface area contributed by atoms with E-state index in [1.807, 2.05) is 13.8 Å². The molecule has 0 aromatic heterocycles. The fraction of sp³-hybridized carbons (Fsp3) is 0.538. The van der Waals surface area contributed by atoms with E-state index in [1.54, 1.807) is 26.4 Å². The highest BCUT2D eigenvalue weighted by Crippen LogP contribution is 2.18. The minimum Gasteiger partial charge on any atom is -0.354 e. The lowest BCUT2D eigenvalue weighted by Crippen LogP contribution is -2.40. The van der Waals surface area contributed by atoms with Crippen LogP contribution >= 0.6 is 0 Å². The standard InChI is InChI=1S/C13H20N2O4/c1-9(14-10(2)13(18-3)19-4)11-5-7-12(8-6-11)15(16)17/h5-10,13-14H,1-4H3. The Morgan fingerprint density at radius 3 is 2.11 bits per heavy atom. The summed E-state index contributed by atoms with van der Waals surface area (Å²) in [6.45, 7) is 3.94. The number of nitro groups is 1. The maximum absolute atomic E-state index is 10.6. The summed E-state index contributed by atoms with van der Waals surface area (Å²) in [5, 5.41) is 13.9. The number of hydrogen-bond donors (Lipinski definition) is 1. The first-order chi connectivity index (χ1) is 8.99. The smallest absolute Gasteiger partial charge is 0.269 e. The van der Waals surface area contributed by atoms with Crippen molar-refractivity contribution in [2.24, 2.45) is 0 Å². The fourth-order valence-electron chi connectivity index (χ4n) is 1.96. The molecule has 0 spiro atoms. The SMILES string of the molecule is COC(OC)C(C)NC(C)c1ccc([N+](=O)[O-])cc1. The van der Waals surface area contributed by atoms with Crippen LogP contribution in [0.15, 0.2) is 24.3 Å². The summed E-state index contributed by atoms with van der Waals surface area (Å²) in [4.78, 5) is 10.2. The fourth-order valence-corrected chi connectivity index (χ4v) is 1.96. The average molecular weight is 268 g/mol. The highest BCUT2D eigenvalue weighted by molar-refractivity contribution is 5.34. The van der Waals surface area contributed by atoms with Gasteiger partial charge in [0, 0.05) is 32.4 Å². The third-order valence-corrected chi connectivity index (χ3v) is 2.99. The lowest BCUT2D eigenvalue weighted by atomic mass is 10.1. The molecule has 0 amide bonds. The summed E-state index contributed by atoms with van der Waals surface area (Å²) >= 11 is 0. The number of nitrogens with one attached hydrogen (secondary N) is 1. The van der Waals surface area contributed by atoms with Crippen LogP contribution in [0.25, 0.3) is 0 Å². The van der Waals surface area contributed by atoms with E-state index in [0.29, 0.717) is 0 Å². The molecule has 6 nitrogen and oxygen atoms in total. The third-order valence-electron chi connectivity index (χ3n) is 2.99. The molecule has 6 heteroatoms. The molecule has 0 bridgehead atoms. The summed E-state index contributed by atoms with van der Waals surface area (Å²) in [7, 11) is 3.17. The van der Waals surface area contributed by atoms with Crippen molar-refractivity contribution in [2.75, 3.05) is 14.2 Å². The molecule has 19 heavy (non-hydrogen) atoms. The second-order valence-electron chi connectivity index (χ2n) is 4.37. The van der Waals surface area contributed by atoms with Gasteiger partial charge in [0.2, 0.25) is 0 Å². The van der Waals surface area contributed by atoms with Gasteiger partial charge in [-0.05, 0) is 19.4 Å². The van der Waals surface area contributed by atoms with Gasteiger partial charge in [0.1, 0.15) is 0 Å². The number of rotatable bonds is 7. The Morgan fingerprint density at radius 2 is 1.68 bits per heavy atom. The van der Waals surface area contributed by atoms with Crippen LogP contribution in [0.1, 0.15) is 25.5 Å². The van der Waals surface area contributed by atoms with Crippen LogP contribution in [-0.4, -0.2) is 31.5 Å². The van der Waals surface area contributed by atoms with Crippen molar-refractivity contribution in [3.05, 3.63) is 39.9 Å². The van der Waals surface area contributed by atoms with Gasteiger partial charge < -0.3 is 14.8 Å². The third kappa shape index (κ3) is 4.27. The predicted molar refractivity (Wildman–Crippen MR) is 71.9 cm³/mol. The van der Waals surface area contributed by atoms with Crippen LogP contribution in [0.3, 0.4) is 0 Å². The molecule has 2 unspecified atom stereocenters. The maximum atomic E-state index is 10.6. The molecule has 0 aliphatic carbocycles. The van der Waals surface area contributed by atoms with Gasteiger partial charge in [-0.15, -0.1) is 0 Å². The molecule has 0 aliphatic heterocycles. The molecule has 0 fully saturated rings. The highest BCUT2D eigenvalue weighted by Gasteiger charge is 2.18. The number of nitro benzene ring substituents is 1. The van der Waals surface area contributed by atoms with Crippen molar-refractivity contribution in [1.29, 1.82) is 0 Å². The summed E-state index contributed by atoms with van der Waals surface area (Å²) in [5.74, 6) is 0. The summed E-state index contributed by atoms with van der Waals surface area (Å²) in [6, 6.07) is 6.54. The predicted octanol–water partition coefficient (Wildman–Crippen LogP) is 2.25. The van der Waals surface area contributed by atoms with Crippen molar-refractivity contribution in [1.82, 2.24) is 5.32 Å². The summed E-state index contributed by atoms with van der Waals surface area (Å²) < 4.78 is 10.3. The molecule has 0 heterocycles. The van der Waals surface area contributed by atoms with Gasteiger partial charge in [-0.25, -0.2) is 0 Å². The normalized spacial score (nSPS) is 14.4. The first-order valence-corrected chi connectivity index (χ1v) is 6.05. The van der Waals surface area contributed by atoms with E-state index in [1.165, 1.54) is 12.1 Å². The zero-order valence-corrected chi connectivity index (χ0v) is 11.6. The van der Waals surface area contributed by atoms with Gasteiger partial charge in [-0.2, -0.15) is 0 Å². The first-order valence-electron chi connectivity index (χ1n) is 6.05. The molecule has 0 saturated heterocycles. The van der Waals surface area contributed by atoms with Crippen LogP contribution in [0, 0.1) is 10.1 Å². The Labute approximate surface area is 112 Å². The molecule has 0 saturated carbocycles. The van der Waals surface area contributed by atoms with Crippen LogP contribution in [0.5, 0.6) is 0 Å². The molecule has 106 valence electrons. The van der Waals surface area contributed by atoms with E-state index in [0.717, 1.165) is 5.56 Å². The summed E-state index contributed by atoms with van der Waals surface area (Å²) in [6.07, 6.45) is -0.333. The summed E-state index contributed by atoms with van der Waals surface area (Å²) in [5.41, 5.74) is 1.07. The minimum absolute atomic E-state index is 0.000178. The Balaban J connectivity index is 2.67. The van der Waals surface area contributed by atoms with E-state index >= 15 is 0 Å². The molecule has 2 atom stereocenters. The molecular formula is C13H20N2O4. The van der Waals surface area contributed by atoms with Crippen LogP contribution in [0.4, 0.5) is 5.69 Å². The highest BCUT2D eigenvalue weighted by atomic mass is 16.7. The molecule has 1 aromatic carbocycles. The van der Waals surface area contributed by atoms with Gasteiger partial charge in [-0.1, -0.05) is 12.1 Å². The Kier molecular flexibility index (Phi) is 5.88. The number of nitrogens with zero attached hydrogens (tertiary/aromatic N) is 1. The zero-order valence-electron chi connectivity index (χ0n) is 11.6. The quantitative estimate of drug-likeness (QED) is 0.466. The number of hydrogen-bond acceptors (Lipinski definition) is 5. The maximum Gasteiger partial charge on any atom is 0.269 e. The van der Waals surface area contributed by atoms with E-state index in [4.69, 9.17) is 9.47 Å². The average Bonchev–Trinajstić information content (AvgIpc) is 2.40. The van der Waals surface area contributed by atoms with Crippen LogP contribution < -0.4 is 5.32 Å².